The van der Waals surface area contributed by atoms with Crippen molar-refractivity contribution in [1.29, 1.82) is 0 Å². The van der Waals surface area contributed by atoms with Gasteiger partial charge in [0.2, 0.25) is 0 Å². The Bertz CT molecular complexity index is 467. The molecular formula is C15H17NO. The van der Waals surface area contributed by atoms with Gasteiger partial charge in [-0.1, -0.05) is 36.4 Å². The van der Waals surface area contributed by atoms with Crippen LogP contribution in [0.3, 0.4) is 0 Å². The highest BCUT2D eigenvalue weighted by Crippen LogP contribution is 2.18. The van der Waals surface area contributed by atoms with Crippen molar-refractivity contribution >= 4 is 0 Å². The molecule has 0 saturated carbocycles. The van der Waals surface area contributed by atoms with E-state index in [4.69, 9.17) is 0 Å². The molecule has 2 rings (SSSR count). The summed E-state index contributed by atoms with van der Waals surface area (Å²) in [6, 6.07) is 11.9. The first-order valence-corrected chi connectivity index (χ1v) is 5.89. The lowest BCUT2D eigenvalue weighted by atomic mass is 10.0. The third-order valence-electron chi connectivity index (χ3n) is 2.82. The molecule has 0 saturated heterocycles. The fourth-order valence-electron chi connectivity index (χ4n) is 1.90. The molecule has 1 heterocycles. The van der Waals surface area contributed by atoms with Gasteiger partial charge in [-0.05, 0) is 36.5 Å². The van der Waals surface area contributed by atoms with E-state index in [1.54, 1.807) is 0 Å². The van der Waals surface area contributed by atoms with Gasteiger partial charge in [0.05, 0.1) is 6.10 Å². The van der Waals surface area contributed by atoms with Crippen LogP contribution in [0.4, 0.5) is 0 Å². The molecule has 2 heteroatoms. The number of hydrogen-bond donors (Lipinski definition) is 1. The Kier molecular flexibility index (Phi) is 3.89. The van der Waals surface area contributed by atoms with E-state index in [0.717, 1.165) is 24.0 Å². The van der Waals surface area contributed by atoms with E-state index < -0.39 is 6.10 Å². The largest absolute Gasteiger partial charge is 0.388 e. The van der Waals surface area contributed by atoms with E-state index >= 15 is 0 Å². The van der Waals surface area contributed by atoms with E-state index in [9.17, 15) is 5.11 Å². The number of aliphatic hydroxyl groups is 1. The van der Waals surface area contributed by atoms with E-state index in [1.807, 2.05) is 49.6 Å². The lowest BCUT2D eigenvalue weighted by Gasteiger charge is -2.10. The number of nitrogens with zero attached hydrogens (tertiary/aromatic N) is 1. The molecule has 2 aromatic rings. The van der Waals surface area contributed by atoms with Gasteiger partial charge in [-0.3, -0.25) is 4.98 Å². The van der Waals surface area contributed by atoms with Crippen molar-refractivity contribution in [2.75, 3.05) is 0 Å². The molecule has 0 aliphatic heterocycles. The monoisotopic (exact) mass is 227 g/mol. The highest BCUT2D eigenvalue weighted by molar-refractivity contribution is 5.19. The summed E-state index contributed by atoms with van der Waals surface area (Å²) < 4.78 is 0. The first kappa shape index (κ1) is 11.8. The summed E-state index contributed by atoms with van der Waals surface area (Å²) in [4.78, 5) is 4.15. The molecule has 0 spiro atoms. The van der Waals surface area contributed by atoms with Gasteiger partial charge >= 0.3 is 0 Å². The molecule has 1 atom stereocenters. The summed E-state index contributed by atoms with van der Waals surface area (Å²) in [5, 5.41) is 10.0. The SMILES string of the molecule is Cc1cncc(CCC(O)c2ccccc2)c1. The fourth-order valence-corrected chi connectivity index (χ4v) is 1.90. The lowest BCUT2D eigenvalue weighted by molar-refractivity contribution is 0.168. The maximum atomic E-state index is 10.0. The molecule has 0 aliphatic carbocycles. The zero-order valence-corrected chi connectivity index (χ0v) is 10.0. The molecule has 1 aromatic carbocycles. The van der Waals surface area contributed by atoms with Gasteiger partial charge in [0.15, 0.2) is 0 Å². The van der Waals surface area contributed by atoms with Crippen LogP contribution in [0.1, 0.15) is 29.2 Å². The minimum absolute atomic E-state index is 0.392. The van der Waals surface area contributed by atoms with E-state index in [2.05, 4.69) is 11.1 Å². The molecular weight excluding hydrogens is 210 g/mol. The second kappa shape index (κ2) is 5.60. The molecule has 1 aromatic heterocycles. The third-order valence-corrected chi connectivity index (χ3v) is 2.82. The summed E-state index contributed by atoms with van der Waals surface area (Å²) in [6.07, 6.45) is 4.90. The topological polar surface area (TPSA) is 33.1 Å². The molecule has 88 valence electrons. The molecule has 0 radical (unpaired) electrons. The molecule has 0 amide bonds. The first-order chi connectivity index (χ1) is 8.25. The Balaban J connectivity index is 1.95. The summed E-state index contributed by atoms with van der Waals surface area (Å²) >= 11 is 0. The Labute approximate surface area is 102 Å². The van der Waals surface area contributed by atoms with Crippen LogP contribution in [-0.2, 0) is 6.42 Å². The van der Waals surface area contributed by atoms with Crippen molar-refractivity contribution in [3.63, 3.8) is 0 Å². The lowest BCUT2D eigenvalue weighted by Crippen LogP contribution is -1.99. The van der Waals surface area contributed by atoms with Gasteiger partial charge in [0.1, 0.15) is 0 Å². The number of hydrogen-bond acceptors (Lipinski definition) is 2. The fraction of sp³-hybridized carbons (Fsp3) is 0.267. The van der Waals surface area contributed by atoms with Gasteiger partial charge in [-0.2, -0.15) is 0 Å². The van der Waals surface area contributed by atoms with Crippen LogP contribution in [0.25, 0.3) is 0 Å². The van der Waals surface area contributed by atoms with Crippen molar-refractivity contribution in [2.45, 2.75) is 25.9 Å². The van der Waals surface area contributed by atoms with E-state index in [1.165, 1.54) is 5.56 Å². The molecule has 2 nitrogen and oxygen atoms in total. The Hall–Kier alpha value is -1.67. The maximum absolute atomic E-state index is 10.0. The number of aliphatic hydroxyl groups excluding tert-OH is 1. The van der Waals surface area contributed by atoms with Crippen molar-refractivity contribution in [3.8, 4) is 0 Å². The molecule has 17 heavy (non-hydrogen) atoms. The van der Waals surface area contributed by atoms with Crippen LogP contribution in [-0.4, -0.2) is 10.1 Å². The van der Waals surface area contributed by atoms with Crippen molar-refractivity contribution in [2.24, 2.45) is 0 Å². The molecule has 0 bridgehead atoms. The van der Waals surface area contributed by atoms with E-state index in [-0.39, 0.29) is 0 Å². The van der Waals surface area contributed by atoms with Crippen LogP contribution < -0.4 is 0 Å². The van der Waals surface area contributed by atoms with Crippen molar-refractivity contribution in [3.05, 3.63) is 65.5 Å². The number of aromatic nitrogens is 1. The predicted octanol–water partition coefficient (Wildman–Crippen LogP) is 3.06. The average Bonchev–Trinajstić information content (AvgIpc) is 2.37. The summed E-state index contributed by atoms with van der Waals surface area (Å²) in [6.45, 7) is 2.03. The highest BCUT2D eigenvalue weighted by Gasteiger charge is 2.06. The Morgan fingerprint density at radius 3 is 2.65 bits per heavy atom. The van der Waals surface area contributed by atoms with Gasteiger partial charge < -0.3 is 5.11 Å². The zero-order chi connectivity index (χ0) is 12.1. The summed E-state index contributed by atoms with van der Waals surface area (Å²) in [5.74, 6) is 0. The van der Waals surface area contributed by atoms with Crippen LogP contribution in [0.5, 0.6) is 0 Å². The first-order valence-electron chi connectivity index (χ1n) is 5.89. The third kappa shape index (κ3) is 3.40. The minimum atomic E-state index is -0.392. The maximum Gasteiger partial charge on any atom is 0.0793 e. The van der Waals surface area contributed by atoms with Crippen LogP contribution in [0, 0.1) is 6.92 Å². The zero-order valence-electron chi connectivity index (χ0n) is 10.0. The van der Waals surface area contributed by atoms with Crippen molar-refractivity contribution in [1.82, 2.24) is 4.98 Å². The summed E-state index contributed by atoms with van der Waals surface area (Å²) in [7, 11) is 0. The van der Waals surface area contributed by atoms with Gasteiger partial charge in [-0.15, -0.1) is 0 Å². The second-order valence-corrected chi connectivity index (χ2v) is 4.34. The molecule has 0 aliphatic rings. The minimum Gasteiger partial charge on any atom is -0.388 e. The predicted molar refractivity (Wildman–Crippen MR) is 68.7 cm³/mol. The molecule has 0 fully saturated rings. The highest BCUT2D eigenvalue weighted by atomic mass is 16.3. The smallest absolute Gasteiger partial charge is 0.0793 e. The molecule has 1 unspecified atom stereocenters. The number of benzene rings is 1. The second-order valence-electron chi connectivity index (χ2n) is 4.34. The van der Waals surface area contributed by atoms with Crippen LogP contribution >= 0.6 is 0 Å². The van der Waals surface area contributed by atoms with Crippen molar-refractivity contribution < 1.29 is 5.11 Å². The summed E-state index contributed by atoms with van der Waals surface area (Å²) in [5.41, 5.74) is 3.32. The quantitative estimate of drug-likeness (QED) is 0.870. The van der Waals surface area contributed by atoms with Gasteiger partial charge in [0, 0.05) is 12.4 Å². The Morgan fingerprint density at radius 1 is 1.18 bits per heavy atom. The molecule has 1 N–H and O–H groups in total. The number of aryl methyl sites for hydroxylation is 2. The number of pyridine rings is 1. The van der Waals surface area contributed by atoms with Gasteiger partial charge in [-0.25, -0.2) is 0 Å². The Morgan fingerprint density at radius 2 is 1.94 bits per heavy atom. The average molecular weight is 227 g/mol. The van der Waals surface area contributed by atoms with Gasteiger partial charge in [0.25, 0.3) is 0 Å². The number of rotatable bonds is 4. The standard InChI is InChI=1S/C15H17NO/c1-12-9-13(11-16-10-12)7-8-15(17)14-5-3-2-4-6-14/h2-6,9-11,15,17H,7-8H2,1H3. The normalized spacial score (nSPS) is 12.4. The van der Waals surface area contributed by atoms with E-state index in [0.29, 0.717) is 0 Å². The van der Waals surface area contributed by atoms with Crippen LogP contribution in [0.2, 0.25) is 0 Å². The van der Waals surface area contributed by atoms with Crippen LogP contribution in [0.15, 0.2) is 48.8 Å².